The summed E-state index contributed by atoms with van der Waals surface area (Å²) in [5, 5.41) is 13.0. The molecule has 1 atom stereocenters. The molecule has 0 aliphatic rings. The predicted octanol–water partition coefficient (Wildman–Crippen LogP) is 1.39. The molecule has 0 fully saturated rings. The molecule has 100 valence electrons. The fraction of sp³-hybridized carbons (Fsp3) is 0.500. The maximum atomic E-state index is 11.5. The van der Waals surface area contributed by atoms with Crippen LogP contribution in [0, 0.1) is 0 Å². The van der Waals surface area contributed by atoms with Crippen molar-refractivity contribution in [3.05, 3.63) is 23.9 Å². The van der Waals surface area contributed by atoms with Crippen LogP contribution in [0.1, 0.15) is 17.3 Å². The lowest BCUT2D eigenvalue weighted by atomic mass is 10.1. The third-order valence-electron chi connectivity index (χ3n) is 2.30. The maximum absolute atomic E-state index is 11.5. The summed E-state index contributed by atoms with van der Waals surface area (Å²) >= 11 is 1.56. The quantitative estimate of drug-likeness (QED) is 0.761. The van der Waals surface area contributed by atoms with Gasteiger partial charge in [-0.3, -0.25) is 0 Å². The van der Waals surface area contributed by atoms with Crippen LogP contribution in [0.5, 0.6) is 0 Å². The Morgan fingerprint density at radius 2 is 2.39 bits per heavy atom. The molecule has 0 amide bonds. The Balaban J connectivity index is 2.76. The molecule has 1 aromatic heterocycles. The molecule has 1 heterocycles. The van der Waals surface area contributed by atoms with Crippen molar-refractivity contribution in [2.75, 3.05) is 31.0 Å². The molecule has 0 spiro atoms. The van der Waals surface area contributed by atoms with Crippen molar-refractivity contribution < 1.29 is 14.6 Å². The molecule has 6 heteroatoms. The highest BCUT2D eigenvalue weighted by Gasteiger charge is 2.21. The number of nitrogens with zero attached hydrogens (tertiary/aromatic N) is 1. The predicted molar refractivity (Wildman–Crippen MR) is 73.1 cm³/mol. The van der Waals surface area contributed by atoms with Crippen LogP contribution in [0.25, 0.3) is 0 Å². The first-order valence-corrected chi connectivity index (χ1v) is 6.88. The van der Waals surface area contributed by atoms with Crippen LogP contribution in [0.15, 0.2) is 18.3 Å². The minimum atomic E-state index is -0.857. The van der Waals surface area contributed by atoms with Crippen molar-refractivity contribution >= 4 is 23.5 Å². The monoisotopic (exact) mass is 270 g/mol. The van der Waals surface area contributed by atoms with Gasteiger partial charge in [0.25, 0.3) is 0 Å². The van der Waals surface area contributed by atoms with Crippen LogP contribution in [0.3, 0.4) is 0 Å². The summed E-state index contributed by atoms with van der Waals surface area (Å²) in [7, 11) is 1.32. The van der Waals surface area contributed by atoms with Gasteiger partial charge in [0.05, 0.1) is 12.7 Å². The van der Waals surface area contributed by atoms with Gasteiger partial charge in [-0.15, -0.1) is 0 Å². The van der Waals surface area contributed by atoms with Crippen molar-refractivity contribution in [3.8, 4) is 0 Å². The van der Waals surface area contributed by atoms with Crippen LogP contribution >= 0.6 is 11.8 Å². The molecular weight excluding hydrogens is 252 g/mol. The average Bonchev–Trinajstić information content (AvgIpc) is 2.36. The van der Waals surface area contributed by atoms with Crippen molar-refractivity contribution in [3.63, 3.8) is 0 Å². The van der Waals surface area contributed by atoms with E-state index in [1.54, 1.807) is 37.0 Å². The molecule has 0 aliphatic carbocycles. The number of rotatable bonds is 6. The second-order valence-corrected chi connectivity index (χ2v) is 5.04. The molecule has 0 saturated carbocycles. The zero-order valence-electron chi connectivity index (χ0n) is 10.8. The average molecular weight is 270 g/mol. The summed E-state index contributed by atoms with van der Waals surface area (Å²) in [6, 6.07) is 3.29. The first kappa shape index (κ1) is 14.8. The van der Waals surface area contributed by atoms with Gasteiger partial charge in [0, 0.05) is 18.5 Å². The second kappa shape index (κ2) is 6.61. The van der Waals surface area contributed by atoms with Crippen molar-refractivity contribution in [2.24, 2.45) is 0 Å². The molecule has 2 N–H and O–H groups in total. The largest absolute Gasteiger partial charge is 0.465 e. The number of hydrogen-bond acceptors (Lipinski definition) is 6. The van der Waals surface area contributed by atoms with Crippen LogP contribution in [0.4, 0.5) is 5.82 Å². The van der Waals surface area contributed by atoms with E-state index in [-0.39, 0.29) is 0 Å². The number of methoxy groups -OCH3 is 1. The van der Waals surface area contributed by atoms with Crippen molar-refractivity contribution in [2.45, 2.75) is 12.5 Å². The first-order valence-electron chi connectivity index (χ1n) is 5.48. The van der Waals surface area contributed by atoms with Gasteiger partial charge in [-0.05, 0) is 25.3 Å². The standard InChI is InChI=1S/C12H18N2O3S/c1-12(16,8-18-3)7-14-10-9(11(15)17-2)5-4-6-13-10/h4-6,16H,7-8H2,1-3H3,(H,13,14). The Hall–Kier alpha value is -1.27. The smallest absolute Gasteiger partial charge is 0.341 e. The van der Waals surface area contributed by atoms with E-state index in [1.165, 1.54) is 7.11 Å². The van der Waals surface area contributed by atoms with E-state index in [4.69, 9.17) is 0 Å². The lowest BCUT2D eigenvalue weighted by Gasteiger charge is -2.23. The van der Waals surface area contributed by atoms with Crippen LogP contribution in [-0.2, 0) is 4.74 Å². The number of pyridine rings is 1. The molecule has 0 aromatic carbocycles. The number of carbonyl (C=O) groups is 1. The maximum Gasteiger partial charge on any atom is 0.341 e. The molecule has 1 rings (SSSR count). The fourth-order valence-electron chi connectivity index (χ4n) is 1.46. The van der Waals surface area contributed by atoms with Crippen molar-refractivity contribution in [1.29, 1.82) is 0 Å². The van der Waals surface area contributed by atoms with Gasteiger partial charge in [0.2, 0.25) is 0 Å². The Bertz CT molecular complexity index is 410. The lowest BCUT2D eigenvalue weighted by Crippen LogP contribution is -2.36. The molecule has 0 saturated heterocycles. The van der Waals surface area contributed by atoms with Gasteiger partial charge in [0.15, 0.2) is 0 Å². The molecule has 18 heavy (non-hydrogen) atoms. The number of thioether (sulfide) groups is 1. The fourth-order valence-corrected chi connectivity index (χ4v) is 2.18. The van der Waals surface area contributed by atoms with Gasteiger partial charge in [-0.2, -0.15) is 11.8 Å². The highest BCUT2D eigenvalue weighted by molar-refractivity contribution is 7.98. The van der Waals surface area contributed by atoms with Gasteiger partial charge in [-0.1, -0.05) is 0 Å². The van der Waals surface area contributed by atoms with Gasteiger partial charge in [0.1, 0.15) is 11.4 Å². The number of ether oxygens (including phenoxy) is 1. The van der Waals surface area contributed by atoms with Gasteiger partial charge >= 0.3 is 5.97 Å². The minimum absolute atomic E-state index is 0.314. The lowest BCUT2D eigenvalue weighted by molar-refractivity contribution is 0.0600. The summed E-state index contributed by atoms with van der Waals surface area (Å²) < 4.78 is 4.67. The normalized spacial score (nSPS) is 13.8. The third kappa shape index (κ3) is 4.19. The van der Waals surface area contributed by atoms with E-state index in [0.29, 0.717) is 23.7 Å². The Morgan fingerprint density at radius 3 is 3.00 bits per heavy atom. The van der Waals surface area contributed by atoms with E-state index >= 15 is 0 Å². The minimum Gasteiger partial charge on any atom is -0.465 e. The van der Waals surface area contributed by atoms with Crippen molar-refractivity contribution in [1.82, 2.24) is 4.98 Å². The summed E-state index contributed by atoms with van der Waals surface area (Å²) in [6.07, 6.45) is 3.51. The summed E-state index contributed by atoms with van der Waals surface area (Å²) in [5.41, 5.74) is -0.496. The van der Waals surface area contributed by atoms with Crippen LogP contribution in [-0.4, -0.2) is 47.3 Å². The van der Waals surface area contributed by atoms with E-state index in [1.807, 2.05) is 6.26 Å². The first-order chi connectivity index (χ1) is 8.50. The van der Waals surface area contributed by atoms with E-state index in [9.17, 15) is 9.90 Å². The molecule has 0 aliphatic heterocycles. The van der Waals surface area contributed by atoms with E-state index in [2.05, 4.69) is 15.0 Å². The zero-order valence-corrected chi connectivity index (χ0v) is 11.6. The van der Waals surface area contributed by atoms with Crippen LogP contribution in [0.2, 0.25) is 0 Å². The topological polar surface area (TPSA) is 71.5 Å². The Morgan fingerprint density at radius 1 is 1.67 bits per heavy atom. The number of nitrogens with one attached hydrogen (secondary N) is 1. The second-order valence-electron chi connectivity index (χ2n) is 4.17. The number of esters is 1. The number of hydrogen-bond donors (Lipinski definition) is 2. The van der Waals surface area contributed by atoms with Gasteiger partial charge < -0.3 is 15.2 Å². The number of aliphatic hydroxyl groups is 1. The Kier molecular flexibility index (Phi) is 5.43. The van der Waals surface area contributed by atoms with Gasteiger partial charge in [-0.25, -0.2) is 9.78 Å². The SMILES string of the molecule is COC(=O)c1cccnc1NCC(C)(O)CSC. The Labute approximate surface area is 111 Å². The summed E-state index contributed by atoms with van der Waals surface area (Å²) in [4.78, 5) is 15.6. The highest BCUT2D eigenvalue weighted by atomic mass is 32.2. The van der Waals surface area contributed by atoms with E-state index in [0.717, 1.165) is 0 Å². The number of aromatic nitrogens is 1. The number of carbonyl (C=O) groups excluding carboxylic acids is 1. The number of anilines is 1. The molecule has 0 radical (unpaired) electrons. The third-order valence-corrected chi connectivity index (χ3v) is 3.22. The van der Waals surface area contributed by atoms with Crippen LogP contribution < -0.4 is 5.32 Å². The molecule has 1 aromatic rings. The molecular formula is C12H18N2O3S. The molecule has 1 unspecified atom stereocenters. The summed E-state index contributed by atoms with van der Waals surface area (Å²) in [5.74, 6) is 0.571. The molecule has 5 nitrogen and oxygen atoms in total. The zero-order chi connectivity index (χ0) is 13.6. The highest BCUT2D eigenvalue weighted by Crippen LogP contribution is 2.16. The molecule has 0 bridgehead atoms. The summed E-state index contributed by atoms with van der Waals surface area (Å²) in [6.45, 7) is 2.05. The van der Waals surface area contributed by atoms with E-state index < -0.39 is 11.6 Å².